The lowest BCUT2D eigenvalue weighted by molar-refractivity contribution is -0.384. The maximum Gasteiger partial charge on any atom is 0.270 e. The zero-order valence-electron chi connectivity index (χ0n) is 5.94. The van der Waals surface area contributed by atoms with Gasteiger partial charge in [0.25, 0.3) is 5.69 Å². The number of nitro benzene ring substituents is 1. The van der Waals surface area contributed by atoms with Crippen LogP contribution in [-0.2, 0) is 0 Å². The van der Waals surface area contributed by atoms with Gasteiger partial charge in [-0.3, -0.25) is 15.2 Å². The molecule has 0 bridgehead atoms. The van der Waals surface area contributed by atoms with Crippen molar-refractivity contribution in [3.63, 3.8) is 0 Å². The number of aromatic amines is 1. The fourth-order valence-electron chi connectivity index (χ4n) is 0.984. The number of nitrogens with zero attached hydrogens (tertiary/aromatic N) is 2. The maximum atomic E-state index is 10.3. The number of rotatable bonds is 1. The molecule has 1 heterocycles. The molecule has 5 nitrogen and oxygen atoms in total. The summed E-state index contributed by atoms with van der Waals surface area (Å²) >= 11 is 0. The normalized spacial score (nSPS) is 10.3. The van der Waals surface area contributed by atoms with Crippen molar-refractivity contribution in [1.29, 1.82) is 0 Å². The Morgan fingerprint density at radius 1 is 1.58 bits per heavy atom. The minimum atomic E-state index is -0.444. The van der Waals surface area contributed by atoms with E-state index in [1.165, 1.54) is 12.1 Å². The van der Waals surface area contributed by atoms with Gasteiger partial charge in [0.15, 0.2) is 0 Å². The van der Waals surface area contributed by atoms with E-state index in [9.17, 15) is 10.1 Å². The molecule has 5 heteroatoms. The minimum absolute atomic E-state index is 0.0557. The van der Waals surface area contributed by atoms with Gasteiger partial charge in [-0.25, -0.2) is 0 Å². The molecule has 0 saturated heterocycles. The van der Waals surface area contributed by atoms with Crippen LogP contribution in [0.4, 0.5) is 5.69 Å². The predicted octanol–water partition coefficient (Wildman–Crippen LogP) is 1.27. The SMILES string of the molecule is O=[N+]([O-])c1ccc2[nH]n[c]c2c1. The molecule has 0 aliphatic carbocycles. The molecule has 59 valence electrons. The van der Waals surface area contributed by atoms with Gasteiger partial charge < -0.3 is 0 Å². The molecule has 1 radical (unpaired) electrons. The lowest BCUT2D eigenvalue weighted by Crippen LogP contribution is -1.86. The Labute approximate surface area is 67.2 Å². The molecule has 0 spiro atoms. The average molecular weight is 162 g/mol. The zero-order valence-corrected chi connectivity index (χ0v) is 5.94. The summed E-state index contributed by atoms with van der Waals surface area (Å²) < 4.78 is 0. The third-order valence-electron chi connectivity index (χ3n) is 1.57. The third-order valence-corrected chi connectivity index (χ3v) is 1.57. The second-order valence-corrected chi connectivity index (χ2v) is 2.32. The van der Waals surface area contributed by atoms with Crippen LogP contribution >= 0.6 is 0 Å². The standard InChI is InChI=1S/C7H4N3O2/c11-10(12)6-1-2-7-5(3-6)4-8-9-7/h1-3H,(H,8,9). The molecule has 12 heavy (non-hydrogen) atoms. The van der Waals surface area contributed by atoms with Crippen molar-refractivity contribution in [3.8, 4) is 0 Å². The smallest absolute Gasteiger partial charge is 0.270 e. The number of nitrogens with one attached hydrogen (secondary N) is 1. The molecular formula is C7H4N3O2. The third kappa shape index (κ3) is 0.914. The maximum absolute atomic E-state index is 10.3. The fraction of sp³-hybridized carbons (Fsp3) is 0. The number of hydrogen-bond acceptors (Lipinski definition) is 3. The summed E-state index contributed by atoms with van der Waals surface area (Å²) in [6, 6.07) is 4.46. The van der Waals surface area contributed by atoms with Crippen molar-refractivity contribution in [2.24, 2.45) is 0 Å². The van der Waals surface area contributed by atoms with Crippen LogP contribution in [0.25, 0.3) is 10.9 Å². The lowest BCUT2D eigenvalue weighted by atomic mass is 10.2. The van der Waals surface area contributed by atoms with E-state index in [0.29, 0.717) is 5.39 Å². The van der Waals surface area contributed by atoms with Crippen LogP contribution in [0.3, 0.4) is 0 Å². The number of benzene rings is 1. The molecule has 1 N–H and O–H groups in total. The van der Waals surface area contributed by atoms with Crippen LogP contribution in [0.15, 0.2) is 18.2 Å². The molecule has 0 atom stereocenters. The summed E-state index contributed by atoms with van der Waals surface area (Å²) in [5.74, 6) is 0. The van der Waals surface area contributed by atoms with Gasteiger partial charge in [0, 0.05) is 17.5 Å². The van der Waals surface area contributed by atoms with Gasteiger partial charge in [0.2, 0.25) is 0 Å². The molecule has 2 rings (SSSR count). The quantitative estimate of drug-likeness (QED) is 0.507. The summed E-state index contributed by atoms with van der Waals surface area (Å²) in [6.07, 6.45) is 2.60. The molecule has 1 aromatic carbocycles. The average Bonchev–Trinajstić information content (AvgIpc) is 2.49. The van der Waals surface area contributed by atoms with Crippen molar-refractivity contribution in [2.45, 2.75) is 0 Å². The topological polar surface area (TPSA) is 71.8 Å². The molecule has 1 aromatic heterocycles. The Kier molecular flexibility index (Phi) is 1.30. The van der Waals surface area contributed by atoms with Gasteiger partial charge in [-0.2, -0.15) is 5.10 Å². The highest BCUT2D eigenvalue weighted by Crippen LogP contribution is 2.17. The highest BCUT2D eigenvalue weighted by Gasteiger charge is 2.06. The Morgan fingerprint density at radius 3 is 3.17 bits per heavy atom. The number of aromatic nitrogens is 2. The van der Waals surface area contributed by atoms with Crippen LogP contribution in [0.1, 0.15) is 0 Å². The molecule has 0 aliphatic heterocycles. The first-order valence-electron chi connectivity index (χ1n) is 3.27. The molecule has 2 aromatic rings. The van der Waals surface area contributed by atoms with Gasteiger partial charge in [-0.1, -0.05) is 0 Å². The highest BCUT2D eigenvalue weighted by molar-refractivity contribution is 5.79. The Hall–Kier alpha value is -1.91. The van der Waals surface area contributed by atoms with E-state index in [4.69, 9.17) is 0 Å². The van der Waals surface area contributed by atoms with Crippen LogP contribution in [0.2, 0.25) is 0 Å². The second kappa shape index (κ2) is 2.30. The van der Waals surface area contributed by atoms with Gasteiger partial charge in [0.1, 0.15) is 6.20 Å². The molecule has 0 unspecified atom stereocenters. The first-order valence-corrected chi connectivity index (χ1v) is 3.27. The molecule has 0 saturated carbocycles. The van der Waals surface area contributed by atoms with Crippen molar-refractivity contribution in [2.75, 3.05) is 0 Å². The number of nitro groups is 1. The van der Waals surface area contributed by atoms with Gasteiger partial charge >= 0.3 is 0 Å². The largest absolute Gasteiger partial charge is 0.277 e. The number of fused-ring (bicyclic) bond motifs is 1. The van der Waals surface area contributed by atoms with Crippen LogP contribution in [0, 0.1) is 16.3 Å². The van der Waals surface area contributed by atoms with Gasteiger partial charge in [-0.05, 0) is 6.07 Å². The zero-order chi connectivity index (χ0) is 8.55. The van der Waals surface area contributed by atoms with Gasteiger partial charge in [-0.15, -0.1) is 0 Å². The summed E-state index contributed by atoms with van der Waals surface area (Å²) in [6.45, 7) is 0. The summed E-state index contributed by atoms with van der Waals surface area (Å²) in [5, 5.41) is 17.2. The van der Waals surface area contributed by atoms with E-state index in [1.54, 1.807) is 6.07 Å². The van der Waals surface area contributed by atoms with Crippen LogP contribution in [0.5, 0.6) is 0 Å². The van der Waals surface area contributed by atoms with Crippen molar-refractivity contribution in [3.05, 3.63) is 34.5 Å². The van der Waals surface area contributed by atoms with E-state index < -0.39 is 4.92 Å². The van der Waals surface area contributed by atoms with E-state index in [2.05, 4.69) is 16.4 Å². The summed E-state index contributed by atoms with van der Waals surface area (Å²) in [5.41, 5.74) is 0.806. The fourth-order valence-corrected chi connectivity index (χ4v) is 0.984. The van der Waals surface area contributed by atoms with Crippen LogP contribution < -0.4 is 0 Å². The second-order valence-electron chi connectivity index (χ2n) is 2.32. The molecule has 0 fully saturated rings. The van der Waals surface area contributed by atoms with Gasteiger partial charge in [0.05, 0.1) is 10.4 Å². The monoisotopic (exact) mass is 162 g/mol. The number of non-ortho nitro benzene ring substituents is 1. The minimum Gasteiger partial charge on any atom is -0.277 e. The highest BCUT2D eigenvalue weighted by atomic mass is 16.6. The van der Waals surface area contributed by atoms with E-state index in [-0.39, 0.29) is 5.69 Å². The van der Waals surface area contributed by atoms with E-state index in [1.807, 2.05) is 0 Å². The first kappa shape index (κ1) is 6.78. The van der Waals surface area contributed by atoms with E-state index >= 15 is 0 Å². The first-order chi connectivity index (χ1) is 5.77. The van der Waals surface area contributed by atoms with Crippen molar-refractivity contribution < 1.29 is 4.92 Å². The number of H-pyrrole nitrogens is 1. The Balaban J connectivity index is 2.68. The van der Waals surface area contributed by atoms with Crippen molar-refractivity contribution in [1.82, 2.24) is 10.2 Å². The predicted molar refractivity (Wildman–Crippen MR) is 41.6 cm³/mol. The summed E-state index contributed by atoms with van der Waals surface area (Å²) in [4.78, 5) is 9.88. The van der Waals surface area contributed by atoms with Crippen molar-refractivity contribution >= 4 is 16.6 Å². The van der Waals surface area contributed by atoms with E-state index in [0.717, 1.165) is 5.52 Å². The molecule has 0 aliphatic rings. The molecular weight excluding hydrogens is 158 g/mol. The Morgan fingerprint density at radius 2 is 2.42 bits per heavy atom. The lowest BCUT2D eigenvalue weighted by Gasteiger charge is -1.89. The number of hydrogen-bond donors (Lipinski definition) is 1. The molecule has 0 amide bonds. The van der Waals surface area contributed by atoms with Crippen LogP contribution in [-0.4, -0.2) is 15.1 Å². The Bertz CT molecular complexity index is 435. The summed E-state index contributed by atoms with van der Waals surface area (Å²) in [7, 11) is 0.